The molecule has 4 rings (SSSR count). The van der Waals surface area contributed by atoms with Gasteiger partial charge in [0.25, 0.3) is 0 Å². The van der Waals surface area contributed by atoms with Crippen LogP contribution in [0.25, 0.3) is 22.3 Å². The molecule has 1 saturated heterocycles. The minimum Gasteiger partial charge on any atom is -0.507 e. The summed E-state index contributed by atoms with van der Waals surface area (Å²) < 4.78 is 24.6. The van der Waals surface area contributed by atoms with Gasteiger partial charge >= 0.3 is 0 Å². The number of halogens is 1. The minimum atomic E-state index is -0.506. The molecule has 30 heavy (non-hydrogen) atoms. The molecule has 0 unspecified atom stereocenters. The number of nitrogens with zero attached hydrogens (tertiary/aromatic N) is 2. The first-order chi connectivity index (χ1) is 14.5. The Bertz CT molecular complexity index is 1080. The van der Waals surface area contributed by atoms with Gasteiger partial charge in [-0.25, -0.2) is 14.4 Å². The molecule has 9 heteroatoms. The molecule has 2 aromatic carbocycles. The van der Waals surface area contributed by atoms with Crippen LogP contribution in [0.3, 0.4) is 0 Å². The molecule has 0 saturated carbocycles. The summed E-state index contributed by atoms with van der Waals surface area (Å²) in [5, 5.41) is 27.2. The summed E-state index contributed by atoms with van der Waals surface area (Å²) in [6.07, 6.45) is 0. The highest BCUT2D eigenvalue weighted by atomic mass is 19.1. The SMILES string of the molecule is COc1cc2nc(-c3cc(F)ccc3O)nc(N[C@@H]3CNC[C@H]3CO)c2cc1OC. The van der Waals surface area contributed by atoms with Crippen LogP contribution < -0.4 is 20.1 Å². The Labute approximate surface area is 172 Å². The highest BCUT2D eigenvalue weighted by molar-refractivity contribution is 5.93. The largest absolute Gasteiger partial charge is 0.507 e. The predicted octanol–water partition coefficient (Wildman–Crippen LogP) is 2.15. The Morgan fingerprint density at radius 1 is 1.13 bits per heavy atom. The Balaban J connectivity index is 1.90. The lowest BCUT2D eigenvalue weighted by Gasteiger charge is -2.21. The zero-order valence-electron chi connectivity index (χ0n) is 16.6. The maximum atomic E-state index is 13.8. The van der Waals surface area contributed by atoms with Crippen molar-refractivity contribution in [3.63, 3.8) is 0 Å². The van der Waals surface area contributed by atoms with Crippen molar-refractivity contribution in [1.29, 1.82) is 0 Å². The number of benzene rings is 2. The fourth-order valence-corrected chi connectivity index (χ4v) is 3.64. The smallest absolute Gasteiger partial charge is 0.165 e. The summed E-state index contributed by atoms with van der Waals surface area (Å²) in [7, 11) is 3.07. The Morgan fingerprint density at radius 3 is 2.63 bits per heavy atom. The van der Waals surface area contributed by atoms with Gasteiger partial charge in [-0.2, -0.15) is 0 Å². The van der Waals surface area contributed by atoms with Crippen LogP contribution in [0, 0.1) is 11.7 Å². The third-order valence-electron chi connectivity index (χ3n) is 5.30. The van der Waals surface area contributed by atoms with Crippen molar-refractivity contribution in [3.05, 3.63) is 36.1 Å². The number of aliphatic hydroxyl groups excluding tert-OH is 1. The number of methoxy groups -OCH3 is 2. The van der Waals surface area contributed by atoms with Crippen molar-refractivity contribution >= 4 is 16.7 Å². The van der Waals surface area contributed by atoms with Gasteiger partial charge in [-0.1, -0.05) is 0 Å². The van der Waals surface area contributed by atoms with Crippen LogP contribution in [0.1, 0.15) is 0 Å². The summed E-state index contributed by atoms with van der Waals surface area (Å²) in [5.74, 6) is 1.04. The summed E-state index contributed by atoms with van der Waals surface area (Å²) >= 11 is 0. The van der Waals surface area contributed by atoms with Gasteiger partial charge in [0.15, 0.2) is 17.3 Å². The van der Waals surface area contributed by atoms with E-state index in [4.69, 9.17) is 9.47 Å². The molecule has 0 bridgehead atoms. The number of aromatic hydroxyl groups is 1. The first-order valence-electron chi connectivity index (χ1n) is 9.54. The van der Waals surface area contributed by atoms with Crippen molar-refractivity contribution < 1.29 is 24.1 Å². The highest BCUT2D eigenvalue weighted by Gasteiger charge is 2.28. The fraction of sp³-hybridized carbons (Fsp3) is 0.333. The van der Waals surface area contributed by atoms with Crippen LogP contribution in [0.15, 0.2) is 30.3 Å². The number of fused-ring (bicyclic) bond motifs is 1. The number of aliphatic hydroxyl groups is 1. The topological polar surface area (TPSA) is 109 Å². The first-order valence-corrected chi connectivity index (χ1v) is 9.54. The Morgan fingerprint density at radius 2 is 1.90 bits per heavy atom. The second-order valence-electron chi connectivity index (χ2n) is 7.13. The number of anilines is 1. The number of rotatable bonds is 6. The molecule has 0 aliphatic carbocycles. The van der Waals surface area contributed by atoms with Crippen LogP contribution >= 0.6 is 0 Å². The van der Waals surface area contributed by atoms with Crippen LogP contribution in [-0.2, 0) is 0 Å². The molecule has 0 spiro atoms. The zero-order valence-corrected chi connectivity index (χ0v) is 16.6. The number of hydrogen-bond donors (Lipinski definition) is 4. The van der Waals surface area contributed by atoms with E-state index in [0.717, 1.165) is 0 Å². The summed E-state index contributed by atoms with van der Waals surface area (Å²) in [6.45, 7) is 1.37. The standard InChI is InChI=1S/C21H23FN4O4/c1-29-18-6-13-15(7-19(18)30-2)24-21(14-5-12(22)3-4-17(14)28)26-20(13)25-16-9-23-8-11(16)10-27/h3-7,11,16,23,27-28H,8-10H2,1-2H3,(H,24,25,26)/t11-,16+/m0/s1. The van der Waals surface area contributed by atoms with Crippen molar-refractivity contribution in [2.24, 2.45) is 5.92 Å². The van der Waals surface area contributed by atoms with E-state index in [1.54, 1.807) is 19.2 Å². The second-order valence-corrected chi connectivity index (χ2v) is 7.13. The van der Waals surface area contributed by atoms with Gasteiger partial charge in [-0.3, -0.25) is 0 Å². The molecule has 2 heterocycles. The molecule has 158 valence electrons. The average molecular weight is 414 g/mol. The fourth-order valence-electron chi connectivity index (χ4n) is 3.64. The van der Waals surface area contributed by atoms with E-state index in [0.29, 0.717) is 41.3 Å². The third-order valence-corrected chi connectivity index (χ3v) is 5.30. The van der Waals surface area contributed by atoms with Crippen LogP contribution in [0.5, 0.6) is 17.2 Å². The molecule has 4 N–H and O–H groups in total. The molecule has 3 aromatic rings. The van der Waals surface area contributed by atoms with Gasteiger partial charge in [-0.15, -0.1) is 0 Å². The van der Waals surface area contributed by atoms with E-state index in [-0.39, 0.29) is 35.7 Å². The molecule has 1 aliphatic heterocycles. The van der Waals surface area contributed by atoms with Crippen molar-refractivity contribution in [2.75, 3.05) is 39.2 Å². The lowest BCUT2D eigenvalue weighted by molar-refractivity contribution is 0.231. The molecule has 0 radical (unpaired) electrons. The maximum absolute atomic E-state index is 13.8. The first kappa shape index (κ1) is 20.1. The second kappa shape index (κ2) is 8.29. The molecule has 0 amide bonds. The van der Waals surface area contributed by atoms with E-state index in [1.807, 2.05) is 0 Å². The number of ether oxygens (including phenoxy) is 2. The minimum absolute atomic E-state index is 0.0150. The summed E-state index contributed by atoms with van der Waals surface area (Å²) in [5.41, 5.74) is 0.716. The van der Waals surface area contributed by atoms with E-state index < -0.39 is 5.82 Å². The molecule has 1 fully saturated rings. The van der Waals surface area contributed by atoms with Gasteiger partial charge < -0.3 is 30.3 Å². The van der Waals surface area contributed by atoms with E-state index >= 15 is 0 Å². The normalized spacial score (nSPS) is 18.5. The molecule has 1 aliphatic rings. The third kappa shape index (κ3) is 3.69. The Hall–Kier alpha value is -3.17. The van der Waals surface area contributed by atoms with Crippen LogP contribution in [-0.4, -0.2) is 60.1 Å². The monoisotopic (exact) mass is 414 g/mol. The van der Waals surface area contributed by atoms with Gasteiger partial charge in [-0.05, 0) is 24.3 Å². The lowest BCUT2D eigenvalue weighted by Crippen LogP contribution is -2.30. The van der Waals surface area contributed by atoms with E-state index in [2.05, 4.69) is 20.6 Å². The number of phenolic OH excluding ortho intramolecular Hbond substituents is 1. The van der Waals surface area contributed by atoms with Crippen molar-refractivity contribution in [1.82, 2.24) is 15.3 Å². The molecule has 2 atom stereocenters. The molecular formula is C21H23FN4O4. The molecule has 8 nitrogen and oxygen atoms in total. The maximum Gasteiger partial charge on any atom is 0.165 e. The van der Waals surface area contributed by atoms with Gasteiger partial charge in [0.2, 0.25) is 0 Å². The van der Waals surface area contributed by atoms with Crippen molar-refractivity contribution in [2.45, 2.75) is 6.04 Å². The molecular weight excluding hydrogens is 391 g/mol. The van der Waals surface area contributed by atoms with E-state index in [1.165, 1.54) is 25.3 Å². The molecule has 1 aromatic heterocycles. The quantitative estimate of drug-likeness (QED) is 0.486. The zero-order chi connectivity index (χ0) is 21.3. The predicted molar refractivity (Wildman–Crippen MR) is 111 cm³/mol. The van der Waals surface area contributed by atoms with Crippen LogP contribution in [0.4, 0.5) is 10.2 Å². The van der Waals surface area contributed by atoms with Crippen molar-refractivity contribution in [3.8, 4) is 28.6 Å². The van der Waals surface area contributed by atoms with Gasteiger partial charge in [0.05, 0.1) is 25.3 Å². The summed E-state index contributed by atoms with van der Waals surface area (Å²) in [4.78, 5) is 9.11. The number of hydrogen-bond acceptors (Lipinski definition) is 8. The highest BCUT2D eigenvalue weighted by Crippen LogP contribution is 2.37. The van der Waals surface area contributed by atoms with Gasteiger partial charge in [0.1, 0.15) is 17.4 Å². The van der Waals surface area contributed by atoms with E-state index in [9.17, 15) is 14.6 Å². The number of phenols is 1. The van der Waals surface area contributed by atoms with Gasteiger partial charge in [0, 0.05) is 43.1 Å². The Kier molecular flexibility index (Phi) is 5.56. The lowest BCUT2D eigenvalue weighted by atomic mass is 10.0. The average Bonchev–Trinajstić information content (AvgIpc) is 3.21. The summed E-state index contributed by atoms with van der Waals surface area (Å²) in [6, 6.07) is 7.04. The number of aromatic nitrogens is 2. The number of nitrogens with one attached hydrogen (secondary N) is 2. The van der Waals surface area contributed by atoms with Crippen LogP contribution in [0.2, 0.25) is 0 Å².